The summed E-state index contributed by atoms with van der Waals surface area (Å²) in [4.78, 5) is 16.2. The van der Waals surface area contributed by atoms with Crippen molar-refractivity contribution < 1.29 is 13.7 Å². The van der Waals surface area contributed by atoms with E-state index in [4.69, 9.17) is 16.3 Å². The molecule has 0 saturated heterocycles. The molecule has 0 aliphatic rings. The van der Waals surface area contributed by atoms with Gasteiger partial charge < -0.3 is 10.1 Å². The van der Waals surface area contributed by atoms with Crippen LogP contribution in [0.2, 0.25) is 5.02 Å². The van der Waals surface area contributed by atoms with Crippen molar-refractivity contribution in [1.82, 2.24) is 10.3 Å². The fraction of sp³-hybridized carbons (Fsp3) is 0.250. The number of rotatable bonds is 7. The first-order chi connectivity index (χ1) is 11.0. The van der Waals surface area contributed by atoms with Gasteiger partial charge >= 0.3 is 0 Å². The summed E-state index contributed by atoms with van der Waals surface area (Å²) >= 11 is 5.82. The molecule has 5 nitrogen and oxygen atoms in total. The Morgan fingerprint density at radius 2 is 2.00 bits per heavy atom. The monoisotopic (exact) mass is 352 g/mol. The topological polar surface area (TPSA) is 68.3 Å². The molecule has 1 unspecified atom stereocenters. The van der Waals surface area contributed by atoms with Crippen LogP contribution in [0.5, 0.6) is 11.6 Å². The van der Waals surface area contributed by atoms with E-state index >= 15 is 0 Å². The highest BCUT2D eigenvalue weighted by atomic mass is 35.5. The van der Waals surface area contributed by atoms with Crippen LogP contribution in [0.15, 0.2) is 42.5 Å². The van der Waals surface area contributed by atoms with E-state index in [9.17, 15) is 9.00 Å². The van der Waals surface area contributed by atoms with Crippen molar-refractivity contribution in [2.45, 2.75) is 6.42 Å². The largest absolute Gasteiger partial charge is 0.439 e. The van der Waals surface area contributed by atoms with Crippen LogP contribution in [0.25, 0.3) is 0 Å². The maximum Gasteiger partial charge on any atom is 0.270 e. The zero-order chi connectivity index (χ0) is 16.7. The Morgan fingerprint density at radius 3 is 2.70 bits per heavy atom. The molecule has 0 bridgehead atoms. The van der Waals surface area contributed by atoms with Crippen LogP contribution in [-0.4, -0.2) is 33.7 Å². The SMILES string of the molecule is CS(=O)CCCNC(=O)c1cccc(Oc2ccc(Cl)cc2)n1. The second-order valence-electron chi connectivity index (χ2n) is 4.80. The Bertz CT molecular complexity index is 692. The minimum atomic E-state index is -0.849. The molecule has 0 spiro atoms. The molecule has 1 aromatic heterocycles. The van der Waals surface area contributed by atoms with Gasteiger partial charge in [0.1, 0.15) is 11.4 Å². The maximum atomic E-state index is 12.0. The van der Waals surface area contributed by atoms with E-state index in [1.807, 2.05) is 0 Å². The number of carbonyl (C=O) groups is 1. The van der Waals surface area contributed by atoms with Gasteiger partial charge in [-0.1, -0.05) is 17.7 Å². The average molecular weight is 353 g/mol. The number of hydrogen-bond donors (Lipinski definition) is 1. The second kappa shape index (κ2) is 8.64. The number of amides is 1. The van der Waals surface area contributed by atoms with Gasteiger partial charge in [-0.25, -0.2) is 4.98 Å². The van der Waals surface area contributed by atoms with E-state index in [1.165, 1.54) is 0 Å². The van der Waals surface area contributed by atoms with Crippen molar-refractivity contribution in [3.63, 3.8) is 0 Å². The smallest absolute Gasteiger partial charge is 0.270 e. The van der Waals surface area contributed by atoms with Crippen molar-refractivity contribution in [3.05, 3.63) is 53.2 Å². The lowest BCUT2D eigenvalue weighted by Crippen LogP contribution is -2.26. The second-order valence-corrected chi connectivity index (χ2v) is 6.79. The molecule has 1 atom stereocenters. The molecule has 0 saturated carbocycles. The summed E-state index contributed by atoms with van der Waals surface area (Å²) in [6.07, 6.45) is 2.30. The molecule has 122 valence electrons. The number of nitrogens with zero attached hydrogens (tertiary/aromatic N) is 1. The Morgan fingerprint density at radius 1 is 1.26 bits per heavy atom. The molecular weight excluding hydrogens is 336 g/mol. The van der Waals surface area contributed by atoms with Gasteiger partial charge in [0.25, 0.3) is 5.91 Å². The van der Waals surface area contributed by atoms with Gasteiger partial charge in [-0.05, 0) is 36.8 Å². The third-order valence-corrected chi connectivity index (χ3v) is 4.00. The van der Waals surface area contributed by atoms with Crippen LogP contribution < -0.4 is 10.1 Å². The number of carbonyl (C=O) groups excluding carboxylic acids is 1. The number of halogens is 1. The molecule has 2 rings (SSSR count). The van der Waals surface area contributed by atoms with E-state index in [0.717, 1.165) is 0 Å². The first-order valence-electron chi connectivity index (χ1n) is 7.03. The zero-order valence-electron chi connectivity index (χ0n) is 12.6. The quantitative estimate of drug-likeness (QED) is 0.778. The van der Waals surface area contributed by atoms with E-state index in [1.54, 1.807) is 48.7 Å². The Labute approximate surface area is 142 Å². The Kier molecular flexibility index (Phi) is 6.55. The lowest BCUT2D eigenvalue weighted by molar-refractivity contribution is 0.0948. The number of nitrogens with one attached hydrogen (secondary N) is 1. The summed E-state index contributed by atoms with van der Waals surface area (Å²) in [6, 6.07) is 11.9. The number of hydrogen-bond acceptors (Lipinski definition) is 4. The van der Waals surface area contributed by atoms with Gasteiger partial charge in [0, 0.05) is 40.4 Å². The number of pyridine rings is 1. The van der Waals surface area contributed by atoms with E-state index in [-0.39, 0.29) is 11.6 Å². The predicted molar refractivity (Wildman–Crippen MR) is 91.6 cm³/mol. The summed E-state index contributed by atoms with van der Waals surface area (Å²) in [5, 5.41) is 3.36. The molecule has 23 heavy (non-hydrogen) atoms. The molecule has 0 aliphatic heterocycles. The predicted octanol–water partition coefficient (Wildman–Crippen LogP) is 3.03. The Hall–Kier alpha value is -1.92. The molecule has 0 radical (unpaired) electrons. The van der Waals surface area contributed by atoms with Crippen molar-refractivity contribution in [2.24, 2.45) is 0 Å². The summed E-state index contributed by atoms with van der Waals surface area (Å²) < 4.78 is 16.6. The normalized spacial score (nSPS) is 11.7. The van der Waals surface area contributed by atoms with Crippen LogP contribution in [0.1, 0.15) is 16.9 Å². The van der Waals surface area contributed by atoms with Gasteiger partial charge in [0.15, 0.2) is 0 Å². The van der Waals surface area contributed by atoms with Gasteiger partial charge in [0.05, 0.1) is 0 Å². The first-order valence-corrected chi connectivity index (χ1v) is 9.14. The molecule has 0 fully saturated rings. The summed E-state index contributed by atoms with van der Waals surface area (Å²) in [5.41, 5.74) is 0.272. The lowest BCUT2D eigenvalue weighted by Gasteiger charge is -2.07. The highest BCUT2D eigenvalue weighted by Gasteiger charge is 2.08. The number of ether oxygens (including phenoxy) is 1. The van der Waals surface area contributed by atoms with Gasteiger partial charge in [-0.15, -0.1) is 0 Å². The number of aromatic nitrogens is 1. The molecule has 7 heteroatoms. The standard InChI is InChI=1S/C16H17ClN2O3S/c1-23(21)11-3-10-18-16(20)14-4-2-5-15(19-14)22-13-8-6-12(17)7-9-13/h2,4-9H,3,10-11H2,1H3,(H,18,20). The Balaban J connectivity index is 1.94. The molecule has 0 aliphatic carbocycles. The molecule has 1 aromatic carbocycles. The van der Waals surface area contributed by atoms with E-state index < -0.39 is 10.8 Å². The van der Waals surface area contributed by atoms with Crippen LogP contribution in [0.4, 0.5) is 0 Å². The van der Waals surface area contributed by atoms with E-state index in [2.05, 4.69) is 10.3 Å². The maximum absolute atomic E-state index is 12.0. The van der Waals surface area contributed by atoms with E-state index in [0.29, 0.717) is 35.4 Å². The number of benzene rings is 1. The third kappa shape index (κ3) is 6.00. The summed E-state index contributed by atoms with van der Waals surface area (Å²) in [5.74, 6) is 1.20. The first kappa shape index (κ1) is 17.4. The van der Waals surface area contributed by atoms with Crippen LogP contribution in [-0.2, 0) is 10.8 Å². The van der Waals surface area contributed by atoms with Crippen molar-refractivity contribution >= 4 is 28.3 Å². The average Bonchev–Trinajstić information content (AvgIpc) is 2.54. The van der Waals surface area contributed by atoms with Crippen molar-refractivity contribution in [3.8, 4) is 11.6 Å². The van der Waals surface area contributed by atoms with Crippen LogP contribution in [0.3, 0.4) is 0 Å². The summed E-state index contributed by atoms with van der Waals surface area (Å²) in [6.45, 7) is 0.461. The molecule has 1 amide bonds. The van der Waals surface area contributed by atoms with Gasteiger partial charge in [-0.3, -0.25) is 9.00 Å². The molecular formula is C16H17ClN2O3S. The molecule has 1 N–H and O–H groups in total. The molecule has 2 aromatic rings. The zero-order valence-corrected chi connectivity index (χ0v) is 14.2. The minimum absolute atomic E-state index is 0.272. The fourth-order valence-corrected chi connectivity index (χ4v) is 2.47. The van der Waals surface area contributed by atoms with Crippen LogP contribution in [0, 0.1) is 0 Å². The molecule has 1 heterocycles. The van der Waals surface area contributed by atoms with Crippen LogP contribution >= 0.6 is 11.6 Å². The van der Waals surface area contributed by atoms with Crippen molar-refractivity contribution in [2.75, 3.05) is 18.6 Å². The van der Waals surface area contributed by atoms with Crippen molar-refractivity contribution in [1.29, 1.82) is 0 Å². The highest BCUT2D eigenvalue weighted by molar-refractivity contribution is 7.84. The lowest BCUT2D eigenvalue weighted by atomic mass is 10.3. The fourth-order valence-electron chi connectivity index (χ4n) is 1.79. The highest BCUT2D eigenvalue weighted by Crippen LogP contribution is 2.21. The minimum Gasteiger partial charge on any atom is -0.439 e. The third-order valence-electron chi connectivity index (χ3n) is 2.89. The van der Waals surface area contributed by atoms with Gasteiger partial charge in [-0.2, -0.15) is 0 Å². The summed E-state index contributed by atoms with van der Waals surface area (Å²) in [7, 11) is -0.849. The van der Waals surface area contributed by atoms with Gasteiger partial charge in [0.2, 0.25) is 5.88 Å².